The Bertz CT molecular complexity index is 816. The van der Waals surface area contributed by atoms with Crippen molar-refractivity contribution in [1.82, 2.24) is 4.98 Å². The van der Waals surface area contributed by atoms with Crippen LogP contribution in [-0.4, -0.2) is 17.6 Å². The molecule has 25 heavy (non-hydrogen) atoms. The molecular weight excluding hydrogens is 314 g/mol. The lowest BCUT2D eigenvalue weighted by Crippen LogP contribution is -2.19. The van der Waals surface area contributed by atoms with Gasteiger partial charge < -0.3 is 15.4 Å². The smallest absolute Gasteiger partial charge is 0.323 e. The van der Waals surface area contributed by atoms with Crippen LogP contribution < -0.4 is 15.4 Å². The Morgan fingerprint density at radius 1 is 0.920 bits per heavy atom. The molecule has 0 saturated heterocycles. The highest BCUT2D eigenvalue weighted by molar-refractivity contribution is 5.99. The summed E-state index contributed by atoms with van der Waals surface area (Å²) in [5.74, 6) is 0.776. The van der Waals surface area contributed by atoms with Gasteiger partial charge in [0.05, 0.1) is 12.3 Å². The van der Waals surface area contributed by atoms with Gasteiger partial charge in [0.15, 0.2) is 0 Å². The summed E-state index contributed by atoms with van der Waals surface area (Å²) in [4.78, 5) is 16.4. The van der Waals surface area contributed by atoms with E-state index in [1.54, 1.807) is 18.3 Å². The summed E-state index contributed by atoms with van der Waals surface area (Å²) in [5.41, 5.74) is 3.31. The van der Waals surface area contributed by atoms with Crippen LogP contribution in [0.25, 0.3) is 11.3 Å². The quantitative estimate of drug-likeness (QED) is 0.705. The number of benzene rings is 2. The van der Waals surface area contributed by atoms with Crippen LogP contribution in [0.4, 0.5) is 16.2 Å². The van der Waals surface area contributed by atoms with E-state index in [-0.39, 0.29) is 6.03 Å². The fourth-order valence-corrected chi connectivity index (χ4v) is 2.35. The van der Waals surface area contributed by atoms with Crippen LogP contribution in [0.1, 0.15) is 6.92 Å². The number of aromatic nitrogens is 1. The molecule has 0 spiro atoms. The molecule has 3 aromatic rings. The third-order valence-corrected chi connectivity index (χ3v) is 3.53. The highest BCUT2D eigenvalue weighted by Crippen LogP contribution is 2.20. The SMILES string of the molecule is CCOc1ccc(NC(=O)Nc2ccc(-c3ccccn3)cc2)cc1. The van der Waals surface area contributed by atoms with Gasteiger partial charge in [-0.25, -0.2) is 4.79 Å². The summed E-state index contributed by atoms with van der Waals surface area (Å²) < 4.78 is 5.38. The van der Waals surface area contributed by atoms with Gasteiger partial charge in [0.25, 0.3) is 0 Å². The van der Waals surface area contributed by atoms with Crippen LogP contribution in [0.5, 0.6) is 5.75 Å². The number of nitrogens with zero attached hydrogens (tertiary/aromatic N) is 1. The topological polar surface area (TPSA) is 63.2 Å². The minimum Gasteiger partial charge on any atom is -0.494 e. The van der Waals surface area contributed by atoms with E-state index in [1.807, 2.05) is 61.5 Å². The van der Waals surface area contributed by atoms with Crippen molar-refractivity contribution < 1.29 is 9.53 Å². The van der Waals surface area contributed by atoms with E-state index >= 15 is 0 Å². The van der Waals surface area contributed by atoms with E-state index in [9.17, 15) is 4.79 Å². The van der Waals surface area contributed by atoms with Gasteiger partial charge >= 0.3 is 6.03 Å². The Morgan fingerprint density at radius 2 is 1.56 bits per heavy atom. The molecule has 0 aliphatic heterocycles. The molecule has 1 heterocycles. The molecule has 0 aliphatic rings. The third-order valence-electron chi connectivity index (χ3n) is 3.53. The first kappa shape index (κ1) is 16.5. The van der Waals surface area contributed by atoms with Crippen molar-refractivity contribution in [3.63, 3.8) is 0 Å². The third kappa shape index (κ3) is 4.57. The molecule has 5 nitrogen and oxygen atoms in total. The first-order chi connectivity index (χ1) is 12.2. The summed E-state index contributed by atoms with van der Waals surface area (Å²) in [6, 6.07) is 20.3. The van der Waals surface area contributed by atoms with Gasteiger partial charge in [-0.15, -0.1) is 0 Å². The van der Waals surface area contributed by atoms with Gasteiger partial charge in [-0.2, -0.15) is 0 Å². The zero-order valence-electron chi connectivity index (χ0n) is 13.9. The number of pyridine rings is 1. The van der Waals surface area contributed by atoms with E-state index in [0.717, 1.165) is 17.0 Å². The van der Waals surface area contributed by atoms with Crippen LogP contribution in [0.3, 0.4) is 0 Å². The second-order valence-corrected chi connectivity index (χ2v) is 5.33. The zero-order chi connectivity index (χ0) is 17.5. The van der Waals surface area contributed by atoms with Gasteiger partial charge in [-0.1, -0.05) is 18.2 Å². The van der Waals surface area contributed by atoms with Gasteiger partial charge in [-0.05, 0) is 55.5 Å². The number of urea groups is 1. The van der Waals surface area contributed by atoms with Crippen molar-refractivity contribution in [2.45, 2.75) is 6.92 Å². The molecule has 2 amide bonds. The molecular formula is C20H19N3O2. The van der Waals surface area contributed by atoms with Gasteiger partial charge in [0.1, 0.15) is 5.75 Å². The number of rotatable bonds is 5. The van der Waals surface area contributed by atoms with Crippen molar-refractivity contribution >= 4 is 17.4 Å². The fourth-order valence-electron chi connectivity index (χ4n) is 2.35. The molecule has 2 N–H and O–H groups in total. The van der Waals surface area contributed by atoms with Crippen LogP contribution in [-0.2, 0) is 0 Å². The average molecular weight is 333 g/mol. The maximum absolute atomic E-state index is 12.1. The predicted molar refractivity (Wildman–Crippen MR) is 99.9 cm³/mol. The summed E-state index contributed by atoms with van der Waals surface area (Å²) in [7, 11) is 0. The Kier molecular flexibility index (Phi) is 5.26. The predicted octanol–water partition coefficient (Wildman–Crippen LogP) is 4.79. The van der Waals surface area contributed by atoms with E-state index in [2.05, 4.69) is 15.6 Å². The van der Waals surface area contributed by atoms with Crippen molar-refractivity contribution in [3.05, 3.63) is 72.9 Å². The molecule has 0 bridgehead atoms. The lowest BCUT2D eigenvalue weighted by atomic mass is 10.1. The number of hydrogen-bond donors (Lipinski definition) is 2. The highest BCUT2D eigenvalue weighted by atomic mass is 16.5. The zero-order valence-corrected chi connectivity index (χ0v) is 13.9. The van der Waals surface area contributed by atoms with E-state index in [4.69, 9.17) is 4.74 Å². The van der Waals surface area contributed by atoms with Crippen LogP contribution in [0.2, 0.25) is 0 Å². The van der Waals surface area contributed by atoms with E-state index in [0.29, 0.717) is 18.0 Å². The summed E-state index contributed by atoms with van der Waals surface area (Å²) >= 11 is 0. The molecule has 126 valence electrons. The van der Waals surface area contributed by atoms with Crippen molar-refractivity contribution in [2.75, 3.05) is 17.2 Å². The van der Waals surface area contributed by atoms with Crippen molar-refractivity contribution in [3.8, 4) is 17.0 Å². The molecule has 2 aromatic carbocycles. The fraction of sp³-hybridized carbons (Fsp3) is 0.100. The minimum atomic E-state index is -0.297. The largest absolute Gasteiger partial charge is 0.494 e. The molecule has 0 aliphatic carbocycles. The maximum atomic E-state index is 12.1. The first-order valence-electron chi connectivity index (χ1n) is 8.07. The second kappa shape index (κ2) is 7.97. The Balaban J connectivity index is 1.59. The molecule has 5 heteroatoms. The Hall–Kier alpha value is -3.34. The van der Waals surface area contributed by atoms with E-state index in [1.165, 1.54) is 0 Å². The number of carbonyl (C=O) groups excluding carboxylic acids is 1. The highest BCUT2D eigenvalue weighted by Gasteiger charge is 2.04. The van der Waals surface area contributed by atoms with Gasteiger partial charge in [0.2, 0.25) is 0 Å². The molecule has 1 aromatic heterocycles. The van der Waals surface area contributed by atoms with Gasteiger partial charge in [0, 0.05) is 23.1 Å². The molecule has 0 fully saturated rings. The van der Waals surface area contributed by atoms with E-state index < -0.39 is 0 Å². The number of amides is 2. The van der Waals surface area contributed by atoms with Gasteiger partial charge in [-0.3, -0.25) is 4.98 Å². The lowest BCUT2D eigenvalue weighted by Gasteiger charge is -2.09. The first-order valence-corrected chi connectivity index (χ1v) is 8.07. The Morgan fingerprint density at radius 3 is 2.12 bits per heavy atom. The van der Waals surface area contributed by atoms with Crippen molar-refractivity contribution in [2.24, 2.45) is 0 Å². The lowest BCUT2D eigenvalue weighted by molar-refractivity contribution is 0.262. The Labute approximate surface area is 146 Å². The number of hydrogen-bond acceptors (Lipinski definition) is 3. The minimum absolute atomic E-state index is 0.297. The number of anilines is 2. The monoisotopic (exact) mass is 333 g/mol. The summed E-state index contributed by atoms with van der Waals surface area (Å²) in [5, 5.41) is 5.60. The standard InChI is InChI=1S/C20H19N3O2/c1-2-25-18-12-10-17(11-13-18)23-20(24)22-16-8-6-15(7-9-16)19-5-3-4-14-21-19/h3-14H,2H2,1H3,(H2,22,23,24). The number of nitrogens with one attached hydrogen (secondary N) is 2. The maximum Gasteiger partial charge on any atom is 0.323 e. The molecule has 0 saturated carbocycles. The molecule has 3 rings (SSSR count). The average Bonchev–Trinajstić information content (AvgIpc) is 2.65. The van der Waals surface area contributed by atoms with Crippen LogP contribution in [0, 0.1) is 0 Å². The van der Waals surface area contributed by atoms with Crippen molar-refractivity contribution in [1.29, 1.82) is 0 Å². The summed E-state index contributed by atoms with van der Waals surface area (Å²) in [6.45, 7) is 2.54. The van der Waals surface area contributed by atoms with Crippen LogP contribution >= 0.6 is 0 Å². The number of carbonyl (C=O) groups is 1. The second-order valence-electron chi connectivity index (χ2n) is 5.33. The normalized spacial score (nSPS) is 10.1. The molecule has 0 atom stereocenters. The van der Waals surface area contributed by atoms with Crippen LogP contribution in [0.15, 0.2) is 72.9 Å². The molecule has 0 radical (unpaired) electrons. The molecule has 0 unspecified atom stereocenters. The summed E-state index contributed by atoms with van der Waals surface area (Å²) in [6.07, 6.45) is 1.76. The number of ether oxygens (including phenoxy) is 1.